The lowest BCUT2D eigenvalue weighted by Gasteiger charge is -2.37. The molecule has 0 saturated carbocycles. The Balaban J connectivity index is 1.48. The largest absolute Gasteiger partial charge is 0.455 e. The van der Waals surface area contributed by atoms with Crippen LogP contribution in [0.2, 0.25) is 0 Å². The third-order valence-electron chi connectivity index (χ3n) is 10.4. The maximum absolute atomic E-state index is 14.9. The van der Waals surface area contributed by atoms with E-state index < -0.39 is 47.7 Å². The fraction of sp³-hybridized carbons (Fsp3) is 0.500. The summed E-state index contributed by atoms with van der Waals surface area (Å²) >= 11 is 0. The Morgan fingerprint density at radius 3 is 2.58 bits per heavy atom. The Hall–Kier alpha value is -4.28. The summed E-state index contributed by atoms with van der Waals surface area (Å²) in [4.78, 5) is 59.8. The predicted molar refractivity (Wildman–Crippen MR) is 191 cm³/mol. The molecule has 3 heterocycles. The molecule has 7 atom stereocenters. The molecule has 3 aliphatic heterocycles. The van der Waals surface area contributed by atoms with Crippen LogP contribution in [0.1, 0.15) is 74.7 Å². The van der Waals surface area contributed by atoms with E-state index in [1.165, 1.54) is 0 Å². The van der Waals surface area contributed by atoms with Gasteiger partial charge in [0.25, 0.3) is 5.91 Å². The number of hydrogen-bond acceptors (Lipinski definition) is 7. The number of fused-ring (bicyclic) bond motifs is 1. The number of allylic oxidation sites excluding steroid dienone is 1. The van der Waals surface area contributed by atoms with Crippen molar-refractivity contribution < 1.29 is 33.8 Å². The molecule has 3 saturated heterocycles. The summed E-state index contributed by atoms with van der Waals surface area (Å²) in [5, 5.41) is 12.4. The van der Waals surface area contributed by atoms with Crippen LogP contribution in [0.3, 0.4) is 0 Å². The molecule has 2 aromatic carbocycles. The Morgan fingerprint density at radius 1 is 1.12 bits per heavy atom. The van der Waals surface area contributed by atoms with Gasteiger partial charge >= 0.3 is 5.97 Å². The Bertz CT molecular complexity index is 1580. The average Bonchev–Trinajstić information content (AvgIpc) is 3.75. The van der Waals surface area contributed by atoms with Crippen LogP contribution in [0.25, 0.3) is 0 Å². The normalized spacial score (nSPS) is 24.7. The number of aryl methyl sites for hydroxylation is 2. The summed E-state index contributed by atoms with van der Waals surface area (Å²) in [7, 11) is 0. The summed E-state index contributed by atoms with van der Waals surface area (Å²) in [6.45, 7) is 13.9. The summed E-state index contributed by atoms with van der Waals surface area (Å²) in [6, 6.07) is 13.6. The van der Waals surface area contributed by atoms with Crippen LogP contribution in [0.15, 0.2) is 73.8 Å². The van der Waals surface area contributed by atoms with Crippen molar-refractivity contribution in [2.45, 2.75) is 95.6 Å². The third kappa shape index (κ3) is 7.28. The minimum absolute atomic E-state index is 0.0387. The second kappa shape index (κ2) is 16.2. The van der Waals surface area contributed by atoms with E-state index in [9.17, 15) is 24.3 Å². The van der Waals surface area contributed by atoms with Gasteiger partial charge in [-0.3, -0.25) is 19.2 Å². The molecule has 268 valence electrons. The van der Waals surface area contributed by atoms with Crippen molar-refractivity contribution in [3.8, 4) is 0 Å². The van der Waals surface area contributed by atoms with E-state index in [1.54, 1.807) is 28.9 Å². The Kier molecular flexibility index (Phi) is 12.0. The molecule has 2 N–H and O–H groups in total. The third-order valence-corrected chi connectivity index (χ3v) is 10.4. The zero-order valence-electron chi connectivity index (χ0n) is 29.5. The first kappa shape index (κ1) is 37.0. The zero-order valence-corrected chi connectivity index (χ0v) is 29.5. The highest BCUT2D eigenvalue weighted by Crippen LogP contribution is 2.59. The number of carbonyl (C=O) groups excluding carboxylic acids is 4. The van der Waals surface area contributed by atoms with Crippen LogP contribution in [-0.4, -0.2) is 77.2 Å². The lowest BCUT2D eigenvalue weighted by atomic mass is 9.70. The highest BCUT2D eigenvalue weighted by Gasteiger charge is 2.75. The van der Waals surface area contributed by atoms with Gasteiger partial charge in [-0.2, -0.15) is 0 Å². The molecule has 0 radical (unpaired) electrons. The minimum Gasteiger partial charge on any atom is -0.455 e. The Morgan fingerprint density at radius 2 is 1.88 bits per heavy atom. The van der Waals surface area contributed by atoms with E-state index in [2.05, 4.69) is 18.5 Å². The number of benzene rings is 2. The van der Waals surface area contributed by atoms with Crippen molar-refractivity contribution in [3.05, 3.63) is 90.5 Å². The molecular weight excluding hydrogens is 634 g/mol. The Labute approximate surface area is 295 Å². The van der Waals surface area contributed by atoms with Crippen molar-refractivity contribution in [1.29, 1.82) is 0 Å². The fourth-order valence-corrected chi connectivity index (χ4v) is 8.05. The van der Waals surface area contributed by atoms with E-state index in [-0.39, 0.29) is 37.3 Å². The van der Waals surface area contributed by atoms with Gasteiger partial charge in [0.05, 0.1) is 24.0 Å². The number of esters is 1. The van der Waals surface area contributed by atoms with Crippen molar-refractivity contribution >= 4 is 29.4 Å². The van der Waals surface area contributed by atoms with Gasteiger partial charge in [0.2, 0.25) is 11.8 Å². The van der Waals surface area contributed by atoms with Crippen molar-refractivity contribution in [2.75, 3.05) is 24.6 Å². The van der Waals surface area contributed by atoms with Crippen LogP contribution < -0.4 is 10.2 Å². The SMILES string of the molecule is C=CCCC(=O)N[C@@H](C)[C@H](OC(=O)[C@@H]1[C@H]2C(=O)N(CCCCCO)[C@H](C(=O)N(CC=C)c3cc(C)ccc3C)[C@]23CC[C@H]1O3)c1ccccc1. The number of unbranched alkanes of at least 4 members (excludes halogenated alkanes) is 2. The monoisotopic (exact) mass is 685 g/mol. The molecule has 10 nitrogen and oxygen atoms in total. The molecule has 3 fully saturated rings. The molecule has 3 amide bonds. The highest BCUT2D eigenvalue weighted by atomic mass is 16.6. The number of hydrogen-bond donors (Lipinski definition) is 2. The van der Waals surface area contributed by atoms with E-state index in [0.717, 1.165) is 16.8 Å². The van der Waals surface area contributed by atoms with Crippen LogP contribution in [0.4, 0.5) is 5.69 Å². The number of nitrogens with zero attached hydrogens (tertiary/aromatic N) is 2. The molecule has 2 bridgehead atoms. The lowest BCUT2D eigenvalue weighted by Crippen LogP contribution is -2.56. The first-order chi connectivity index (χ1) is 24.1. The first-order valence-corrected chi connectivity index (χ1v) is 17.8. The number of carbonyl (C=O) groups is 4. The van der Waals surface area contributed by atoms with Gasteiger partial charge in [-0.15, -0.1) is 13.2 Å². The first-order valence-electron chi connectivity index (χ1n) is 17.8. The standard InChI is InChI=1S/C40H51N3O7/c1-6-8-17-32(45)41-28(5)35(29-15-11-9-12-16-29)49-39(48)33-31-20-21-40(50-31)34(33)37(46)43(23-13-10-14-24-44)36(40)38(47)42(22-7-2)30-25-26(3)18-19-27(30)4/h6-7,9,11-12,15-16,18-19,25,28,31,33-36,44H,1-2,8,10,13-14,17,20-24H2,3-5H3,(H,41,45)/t28-,31+,33-,34-,35-,36+,40-/m0/s1. The van der Waals surface area contributed by atoms with E-state index in [1.807, 2.05) is 62.4 Å². The summed E-state index contributed by atoms with van der Waals surface area (Å²) < 4.78 is 13.0. The summed E-state index contributed by atoms with van der Waals surface area (Å²) in [6.07, 6.45) is 5.51. The number of aliphatic hydroxyl groups is 1. The van der Waals surface area contributed by atoms with Crippen LogP contribution >= 0.6 is 0 Å². The van der Waals surface area contributed by atoms with Crippen molar-refractivity contribution in [2.24, 2.45) is 11.8 Å². The van der Waals surface area contributed by atoms with E-state index in [4.69, 9.17) is 9.47 Å². The maximum atomic E-state index is 14.9. The number of nitrogens with one attached hydrogen (secondary N) is 1. The second-order valence-corrected chi connectivity index (χ2v) is 13.9. The molecule has 10 heteroatoms. The van der Waals surface area contributed by atoms with Crippen LogP contribution in [0.5, 0.6) is 0 Å². The van der Waals surface area contributed by atoms with Crippen molar-refractivity contribution in [3.63, 3.8) is 0 Å². The number of anilines is 1. The number of amides is 3. The molecule has 0 aromatic heterocycles. The molecule has 5 rings (SSSR count). The lowest BCUT2D eigenvalue weighted by molar-refractivity contribution is -0.162. The molecule has 0 aliphatic carbocycles. The molecule has 0 unspecified atom stereocenters. The van der Waals surface area contributed by atoms with Crippen LogP contribution in [-0.2, 0) is 28.7 Å². The molecule has 50 heavy (non-hydrogen) atoms. The fourth-order valence-electron chi connectivity index (χ4n) is 8.05. The zero-order chi connectivity index (χ0) is 36.0. The minimum atomic E-state index is -1.20. The predicted octanol–water partition coefficient (Wildman–Crippen LogP) is 5.12. The number of rotatable bonds is 17. The quantitative estimate of drug-likeness (QED) is 0.135. The summed E-state index contributed by atoms with van der Waals surface area (Å²) in [5.74, 6) is -3.16. The maximum Gasteiger partial charge on any atom is 0.313 e. The smallest absolute Gasteiger partial charge is 0.313 e. The van der Waals surface area contributed by atoms with Gasteiger partial charge in [0.15, 0.2) is 0 Å². The molecular formula is C40H51N3O7. The van der Waals surface area contributed by atoms with Gasteiger partial charge in [-0.25, -0.2) is 0 Å². The second-order valence-electron chi connectivity index (χ2n) is 13.9. The number of likely N-dealkylation sites (tertiary alicyclic amines) is 1. The molecule has 3 aliphatic rings. The number of ether oxygens (including phenoxy) is 2. The van der Waals surface area contributed by atoms with Gasteiger partial charge in [0.1, 0.15) is 17.7 Å². The molecule has 1 spiro atoms. The molecule has 2 aromatic rings. The van der Waals surface area contributed by atoms with Gasteiger partial charge in [-0.05, 0) is 82.1 Å². The van der Waals surface area contributed by atoms with Gasteiger partial charge < -0.3 is 29.7 Å². The van der Waals surface area contributed by atoms with E-state index >= 15 is 0 Å². The van der Waals surface area contributed by atoms with Gasteiger partial charge in [-0.1, -0.05) is 54.6 Å². The number of aliphatic hydroxyl groups excluding tert-OH is 1. The van der Waals surface area contributed by atoms with Crippen molar-refractivity contribution in [1.82, 2.24) is 10.2 Å². The topological polar surface area (TPSA) is 125 Å². The van der Waals surface area contributed by atoms with E-state index in [0.29, 0.717) is 50.6 Å². The van der Waals surface area contributed by atoms with Gasteiger partial charge in [0, 0.05) is 31.8 Å². The average molecular weight is 686 g/mol. The summed E-state index contributed by atoms with van der Waals surface area (Å²) in [5.41, 5.74) is 2.15. The van der Waals surface area contributed by atoms with Crippen LogP contribution in [0, 0.1) is 25.7 Å². The highest BCUT2D eigenvalue weighted by molar-refractivity contribution is 6.05.